The summed E-state index contributed by atoms with van der Waals surface area (Å²) in [7, 11) is 0. The molecule has 0 saturated heterocycles. The number of rotatable bonds is 36. The number of aromatic hydroxyl groups is 1. The molecule has 0 aliphatic carbocycles. The van der Waals surface area contributed by atoms with E-state index in [0.717, 1.165) is 10.9 Å². The molecule has 1 aliphatic rings. The number of hydrogen-bond acceptors (Lipinski definition) is 30. The topological polar surface area (TPSA) is 570 Å². The summed E-state index contributed by atoms with van der Waals surface area (Å²) in [5.41, 5.74) is 27.9. The van der Waals surface area contributed by atoms with Crippen molar-refractivity contribution in [2.24, 2.45) is 17.4 Å². The molecule has 0 fully saturated rings. The van der Waals surface area contributed by atoms with Crippen molar-refractivity contribution in [3.8, 4) is 5.75 Å². The third-order valence-electron chi connectivity index (χ3n) is 22.5. The molecule has 36 nitrogen and oxygen atoms in total. The Bertz CT molecular complexity index is 4350. The van der Waals surface area contributed by atoms with Crippen LogP contribution in [0.4, 0.5) is 0 Å². The van der Waals surface area contributed by atoms with Gasteiger partial charge in [-0.3, -0.25) is 76.7 Å². The van der Waals surface area contributed by atoms with Crippen molar-refractivity contribution in [3.05, 3.63) is 114 Å². The summed E-state index contributed by atoms with van der Waals surface area (Å²) >= 11 is 0. The highest BCUT2D eigenvalue weighted by atomic mass is 16.3. The number of nitrogens with one attached hydrogen (secondary N) is 15. The van der Waals surface area contributed by atoms with Crippen LogP contribution in [-0.2, 0) is 96.0 Å². The van der Waals surface area contributed by atoms with Crippen molar-refractivity contribution in [2.75, 3.05) is 39.3 Å². The fourth-order valence-corrected chi connectivity index (χ4v) is 14.1. The second-order valence-electron chi connectivity index (χ2n) is 33.6. The summed E-state index contributed by atoms with van der Waals surface area (Å²) in [6.07, 6.45) is 5.49. The lowest BCUT2D eigenvalue weighted by atomic mass is 9.89. The van der Waals surface area contributed by atoms with E-state index in [1.807, 2.05) is 44.2 Å². The Labute approximate surface area is 737 Å². The zero-order valence-electron chi connectivity index (χ0n) is 74.5. The number of fused-ring (bicyclic) bond motifs is 1. The van der Waals surface area contributed by atoms with Crippen LogP contribution in [0.5, 0.6) is 5.75 Å². The number of aliphatic hydroxyl groups is 2. The quantitative estimate of drug-likeness (QED) is 0.0128. The molecule has 0 bridgehead atoms. The van der Waals surface area contributed by atoms with E-state index >= 15 is 4.79 Å². The van der Waals surface area contributed by atoms with Crippen LogP contribution >= 0.6 is 0 Å². The Hall–Kier alpha value is -10.1. The predicted octanol–water partition coefficient (Wildman–Crippen LogP) is 0.612. The number of primary amides is 1. The number of phenolic OH excluding ortho intramolecular Hbond substituents is 1. The van der Waals surface area contributed by atoms with Crippen LogP contribution in [-0.4, -0.2) is 242 Å². The molecule has 5 rings (SSSR count). The van der Waals surface area contributed by atoms with Gasteiger partial charge in [-0.2, -0.15) is 0 Å². The highest BCUT2D eigenvalue weighted by molar-refractivity contribution is 6.41. The third-order valence-corrected chi connectivity index (χ3v) is 22.5. The number of aliphatic hydroxyl groups excluding tert-OH is 2. The van der Waals surface area contributed by atoms with Crippen molar-refractivity contribution in [1.29, 1.82) is 0 Å². The maximum absolute atomic E-state index is 15.1. The summed E-state index contributed by atoms with van der Waals surface area (Å²) in [6.45, 7) is 14.5. The first-order valence-corrected chi connectivity index (χ1v) is 43.5. The third kappa shape index (κ3) is 36.0. The Morgan fingerprint density at radius 1 is 0.603 bits per heavy atom. The number of allylic oxidation sites excluding steroid dienone is 2. The molecule has 2 heterocycles. The Kier molecular flexibility index (Phi) is 45.8. The lowest BCUT2D eigenvalue weighted by Crippen LogP contribution is -2.64. The molecule has 0 spiro atoms. The number of H-pyrrole nitrogens is 1. The van der Waals surface area contributed by atoms with E-state index in [4.69, 9.17) is 11.5 Å². The van der Waals surface area contributed by atoms with Crippen LogP contribution in [0.3, 0.4) is 0 Å². The molecule has 3 aromatic carbocycles. The number of benzene rings is 3. The molecule has 0 radical (unpaired) electrons. The van der Waals surface area contributed by atoms with Gasteiger partial charge in [-0.1, -0.05) is 113 Å². The number of aromatic nitrogens is 1. The molecule has 22 N–H and O–H groups in total. The SMILES string of the molecule is CC[C@@H]1NN[C@@H](CCC(N)=O)C(=O)CN[C@@H](C)C(=O)CC(=O)[C@H](Cc2c[nH]c3ccccc23)NN[C@@H](Cc2ccc(O)cc2)C(=O)CC(=O)[C@H](C)NCC(=O)[C@](C)(NN[C@@H](Cc2ccccc2)C(=O)C(=O)[C@@H](NC(=O)[C@H](CC(C)C)NC(C)=O)[C@@H](C)O)CCCCCCC=CCCC[C@@](C)(C(=O)N[C@@H](CO)C(=O)CN[C@@H](C)C(=O)CCN[C@@H](C)C(=O)CN)NC1=O. The summed E-state index contributed by atoms with van der Waals surface area (Å²) in [5.74, 6) is -11.1. The minimum atomic E-state index is -1.79. The average molecular weight is 1760 g/mol. The number of carbonyl (C=O) groups excluding carboxylic acids is 16. The van der Waals surface area contributed by atoms with Crippen molar-refractivity contribution in [2.45, 2.75) is 288 Å². The first-order valence-electron chi connectivity index (χ1n) is 43.5. The maximum atomic E-state index is 15.1. The van der Waals surface area contributed by atoms with Crippen LogP contribution in [0.25, 0.3) is 10.9 Å². The molecule has 1 aliphatic heterocycles. The van der Waals surface area contributed by atoms with Crippen molar-refractivity contribution in [3.63, 3.8) is 0 Å². The molecule has 15 atom stereocenters. The predicted molar refractivity (Wildman–Crippen MR) is 474 cm³/mol. The van der Waals surface area contributed by atoms with Gasteiger partial charge in [0.1, 0.15) is 29.4 Å². The van der Waals surface area contributed by atoms with Crippen LogP contribution in [0.1, 0.15) is 196 Å². The Balaban J connectivity index is 1.51. The molecule has 694 valence electrons. The smallest absolute Gasteiger partial charge is 0.246 e. The largest absolute Gasteiger partial charge is 0.508 e. The summed E-state index contributed by atoms with van der Waals surface area (Å²) in [5, 5.41) is 54.7. The van der Waals surface area contributed by atoms with Gasteiger partial charge < -0.3 is 74.3 Å². The first kappa shape index (κ1) is 106. The maximum Gasteiger partial charge on any atom is 0.246 e. The summed E-state index contributed by atoms with van der Waals surface area (Å²) in [6, 6.07) is 7.30. The number of para-hydroxylation sites is 1. The van der Waals surface area contributed by atoms with Gasteiger partial charge in [0.15, 0.2) is 52.0 Å². The van der Waals surface area contributed by atoms with Crippen molar-refractivity contribution >= 4 is 104 Å². The molecular weight excluding hydrogens is 1620 g/mol. The fraction of sp³-hybridized carbons (Fsp3) is 0.578. The van der Waals surface area contributed by atoms with Crippen molar-refractivity contribution < 1.29 is 92.0 Å². The molecule has 126 heavy (non-hydrogen) atoms. The molecular formula is C90H135N17O19. The fourth-order valence-electron chi connectivity index (χ4n) is 14.1. The average Bonchev–Trinajstić information content (AvgIpc) is 1.50. The highest BCUT2D eigenvalue weighted by Crippen LogP contribution is 2.24. The van der Waals surface area contributed by atoms with E-state index < -0.39 is 210 Å². The molecule has 36 heteroatoms. The van der Waals surface area contributed by atoms with E-state index in [1.54, 1.807) is 75.5 Å². The Morgan fingerprint density at radius 2 is 1.20 bits per heavy atom. The van der Waals surface area contributed by atoms with Gasteiger partial charge in [-0.25, -0.2) is 32.6 Å². The number of hydrogen-bond donors (Lipinski definition) is 20. The molecule has 0 unspecified atom stereocenters. The van der Waals surface area contributed by atoms with E-state index in [1.165, 1.54) is 53.7 Å². The lowest BCUT2D eigenvalue weighted by Gasteiger charge is -2.33. The van der Waals surface area contributed by atoms with Gasteiger partial charge >= 0.3 is 0 Å². The summed E-state index contributed by atoms with van der Waals surface area (Å²) in [4.78, 5) is 226. The van der Waals surface area contributed by atoms with Gasteiger partial charge in [0, 0.05) is 43.4 Å². The van der Waals surface area contributed by atoms with Crippen LogP contribution in [0.15, 0.2) is 97.2 Å². The normalized spacial score (nSPS) is 22.8. The van der Waals surface area contributed by atoms with E-state index in [9.17, 15) is 87.2 Å². The van der Waals surface area contributed by atoms with E-state index in [0.29, 0.717) is 55.2 Å². The highest BCUT2D eigenvalue weighted by Gasteiger charge is 2.42. The number of phenols is 1. The Morgan fingerprint density at radius 3 is 1.81 bits per heavy atom. The van der Waals surface area contributed by atoms with Gasteiger partial charge in [-0.05, 0) is 166 Å². The minimum Gasteiger partial charge on any atom is -0.508 e. The molecule has 0 saturated carbocycles. The van der Waals surface area contributed by atoms with E-state index in [2.05, 4.69) is 80.1 Å². The zero-order chi connectivity index (χ0) is 93.4. The van der Waals surface area contributed by atoms with Gasteiger partial charge in [-0.15, -0.1) is 0 Å². The lowest BCUT2D eigenvalue weighted by molar-refractivity contribution is -0.142. The number of amides is 5. The molecule has 4 aromatic rings. The van der Waals surface area contributed by atoms with E-state index in [-0.39, 0.29) is 107 Å². The number of aromatic amines is 1. The summed E-state index contributed by atoms with van der Waals surface area (Å²) < 4.78 is 0. The monoisotopic (exact) mass is 1760 g/mol. The number of hydrazine groups is 3. The number of carbonyl (C=O) groups is 16. The first-order chi connectivity index (χ1) is 59.7. The standard InChI is InChI=1S/C90H135N17O19/c1-12-65-87(125)101-90(11,88(126)99-72(52-108)80(119)50-94-54(4)73(112)37-40-93-57(7)78(117)47-91)39-26-19-17-15-13-14-16-18-25-38-89(10,107-106-70(43-60-27-21-20-22-28-60)84(122)85(123)83(58(8)109)100-86(124)71(41-53(2)3)98-59(9)110)81(120)51-96-56(6)75(114)45-76(115)68(42-61-31-33-63(111)34-32-61)104-105-69(44-62-48-97-66-30-24-23-29-64(62)66)77(116)46-74(113)55(5)95-49-79(118)67(103-102-65)35-36-82(92)121/h15,17,20-24,27-34,48,53-58,65,67-72,83,93-97,102-109,111H,12-14,16,18-19,25-26,35-47,49-52,91H2,1-11H3,(H2,92,121)(H,98,110)(H,99,126)(H,100,124)(H,101,125)/t54-,55-,56-,57-,58+,65-,67-,68-,69-,70-,71-,72-,83-,89+,90-/m0/s1. The van der Waals surface area contributed by atoms with Gasteiger partial charge in [0.2, 0.25) is 41.1 Å². The van der Waals surface area contributed by atoms with Gasteiger partial charge in [0.05, 0.1) is 112 Å². The second kappa shape index (κ2) is 54.2. The number of ketones is 11. The molecule has 1 aromatic heterocycles. The van der Waals surface area contributed by atoms with Crippen LogP contribution < -0.4 is 86.6 Å². The zero-order valence-corrected chi connectivity index (χ0v) is 74.5. The van der Waals surface area contributed by atoms with Gasteiger partial charge in [0.25, 0.3) is 0 Å². The number of nitrogens with two attached hydrogens (primary N) is 2. The second-order valence-corrected chi connectivity index (χ2v) is 33.6. The van der Waals surface area contributed by atoms with Crippen LogP contribution in [0, 0.1) is 5.92 Å². The number of Topliss-reactive ketones (excluding diaryl/α,β-unsaturated/α-hetero) is 11. The minimum absolute atomic E-state index is 0.00380. The molecule has 5 amide bonds. The van der Waals surface area contributed by atoms with Crippen molar-refractivity contribution in [1.82, 2.24) is 80.1 Å². The van der Waals surface area contributed by atoms with Crippen LogP contribution in [0.2, 0.25) is 0 Å².